The number of amides is 1. The van der Waals surface area contributed by atoms with Gasteiger partial charge in [-0.15, -0.1) is 0 Å². The lowest BCUT2D eigenvalue weighted by molar-refractivity contribution is -0.128. The summed E-state index contributed by atoms with van der Waals surface area (Å²) in [5, 5.41) is 3.15. The van der Waals surface area contributed by atoms with Gasteiger partial charge in [0.2, 0.25) is 5.91 Å². The van der Waals surface area contributed by atoms with E-state index >= 15 is 0 Å². The molecule has 1 aliphatic heterocycles. The van der Waals surface area contributed by atoms with Crippen LogP contribution >= 0.6 is 0 Å². The van der Waals surface area contributed by atoms with Gasteiger partial charge < -0.3 is 10.1 Å². The lowest BCUT2D eigenvalue weighted by atomic mass is 9.87. The van der Waals surface area contributed by atoms with Crippen molar-refractivity contribution >= 4 is 5.91 Å². The molecule has 0 aromatic heterocycles. The maximum Gasteiger partial charge on any atom is 0.237 e. The van der Waals surface area contributed by atoms with Crippen molar-refractivity contribution in [1.29, 1.82) is 0 Å². The number of halogens is 2. The average molecular weight is 473 g/mol. The summed E-state index contributed by atoms with van der Waals surface area (Å²) >= 11 is 0. The van der Waals surface area contributed by atoms with Gasteiger partial charge in [0.1, 0.15) is 11.6 Å². The number of ether oxygens (including phenoxy) is 1. The van der Waals surface area contributed by atoms with Crippen molar-refractivity contribution < 1.29 is 18.3 Å². The topological polar surface area (TPSA) is 41.6 Å². The molecule has 3 rings (SSSR count). The SMILES string of the molecule is CC(C)C[C@@H](C(=O)NCCCC(c1ccc(F)cc1)c1ccc(F)cc1)N(C)C1CCOCC1. The van der Waals surface area contributed by atoms with Crippen LogP contribution in [0.1, 0.15) is 63.0 Å². The van der Waals surface area contributed by atoms with E-state index in [1.54, 1.807) is 24.3 Å². The lowest BCUT2D eigenvalue weighted by Crippen LogP contribution is -2.51. The fourth-order valence-corrected chi connectivity index (χ4v) is 4.80. The van der Waals surface area contributed by atoms with Crippen LogP contribution < -0.4 is 5.32 Å². The quantitative estimate of drug-likeness (QED) is 0.438. The second-order valence-electron chi connectivity index (χ2n) is 9.74. The zero-order chi connectivity index (χ0) is 24.5. The second kappa shape index (κ2) is 13.0. The monoisotopic (exact) mass is 472 g/mol. The number of benzene rings is 2. The highest BCUT2D eigenvalue weighted by molar-refractivity contribution is 5.81. The minimum Gasteiger partial charge on any atom is -0.381 e. The maximum absolute atomic E-state index is 13.5. The molecule has 4 nitrogen and oxygen atoms in total. The molecule has 1 fully saturated rings. The molecule has 1 atom stereocenters. The molecule has 0 saturated carbocycles. The van der Waals surface area contributed by atoms with Crippen LogP contribution in [0.15, 0.2) is 48.5 Å². The van der Waals surface area contributed by atoms with Gasteiger partial charge in [-0.1, -0.05) is 38.1 Å². The molecule has 186 valence electrons. The van der Waals surface area contributed by atoms with Crippen LogP contribution in [0.2, 0.25) is 0 Å². The summed E-state index contributed by atoms with van der Waals surface area (Å²) in [4.78, 5) is 15.4. The minimum absolute atomic E-state index is 0.00877. The van der Waals surface area contributed by atoms with Crippen molar-refractivity contribution in [2.45, 2.75) is 64.0 Å². The number of nitrogens with one attached hydrogen (secondary N) is 1. The van der Waals surface area contributed by atoms with Gasteiger partial charge in [0.15, 0.2) is 0 Å². The van der Waals surface area contributed by atoms with Crippen molar-refractivity contribution in [2.75, 3.05) is 26.8 Å². The first-order chi connectivity index (χ1) is 16.3. The number of hydrogen-bond donors (Lipinski definition) is 1. The van der Waals surface area contributed by atoms with Crippen LogP contribution in [0.3, 0.4) is 0 Å². The summed E-state index contributed by atoms with van der Waals surface area (Å²) in [7, 11) is 2.06. The molecule has 2 aromatic rings. The predicted octanol–water partition coefficient (Wildman–Crippen LogP) is 5.52. The number of nitrogens with zero attached hydrogens (tertiary/aromatic N) is 1. The summed E-state index contributed by atoms with van der Waals surface area (Å²) in [6, 6.07) is 13.1. The van der Waals surface area contributed by atoms with Crippen LogP contribution in [0, 0.1) is 17.6 Å². The Bertz CT molecular complexity index is 835. The summed E-state index contributed by atoms with van der Waals surface area (Å²) in [6.45, 7) is 6.36. The van der Waals surface area contributed by atoms with Gasteiger partial charge in [-0.05, 0) is 80.5 Å². The summed E-state index contributed by atoms with van der Waals surface area (Å²) in [5.74, 6) is -0.0610. The zero-order valence-electron chi connectivity index (χ0n) is 20.6. The van der Waals surface area contributed by atoms with E-state index in [0.29, 0.717) is 18.5 Å². The van der Waals surface area contributed by atoms with E-state index in [-0.39, 0.29) is 29.5 Å². The molecular formula is C28H38F2N2O2. The maximum atomic E-state index is 13.5. The third kappa shape index (κ3) is 7.60. The average Bonchev–Trinajstić information content (AvgIpc) is 2.84. The Hall–Kier alpha value is -2.31. The van der Waals surface area contributed by atoms with Gasteiger partial charge in [0, 0.05) is 31.7 Å². The highest BCUT2D eigenvalue weighted by Crippen LogP contribution is 2.29. The van der Waals surface area contributed by atoms with Crippen molar-refractivity contribution in [3.8, 4) is 0 Å². The van der Waals surface area contributed by atoms with Gasteiger partial charge in [-0.25, -0.2) is 8.78 Å². The Kier molecular flexibility index (Phi) is 10.0. The van der Waals surface area contributed by atoms with E-state index in [2.05, 4.69) is 31.1 Å². The predicted molar refractivity (Wildman–Crippen MR) is 132 cm³/mol. The molecule has 0 bridgehead atoms. The van der Waals surface area contributed by atoms with Crippen LogP contribution in [0.5, 0.6) is 0 Å². The number of carbonyl (C=O) groups excluding carboxylic acids is 1. The van der Waals surface area contributed by atoms with Gasteiger partial charge in [-0.3, -0.25) is 9.69 Å². The Morgan fingerprint density at radius 1 is 1.00 bits per heavy atom. The molecule has 1 heterocycles. The normalized spacial score (nSPS) is 15.8. The number of rotatable bonds is 11. The fraction of sp³-hybridized carbons (Fsp3) is 0.536. The van der Waals surface area contributed by atoms with Crippen molar-refractivity contribution in [3.63, 3.8) is 0 Å². The van der Waals surface area contributed by atoms with Gasteiger partial charge >= 0.3 is 0 Å². The zero-order valence-corrected chi connectivity index (χ0v) is 20.6. The molecule has 1 amide bonds. The van der Waals surface area contributed by atoms with E-state index in [0.717, 1.165) is 56.4 Å². The molecule has 0 aliphatic carbocycles. The van der Waals surface area contributed by atoms with Gasteiger partial charge in [0.25, 0.3) is 0 Å². The minimum atomic E-state index is -0.279. The smallest absolute Gasteiger partial charge is 0.237 e. The van der Waals surface area contributed by atoms with E-state index in [1.807, 2.05) is 0 Å². The Balaban J connectivity index is 1.60. The molecule has 1 saturated heterocycles. The first-order valence-electron chi connectivity index (χ1n) is 12.4. The van der Waals surface area contributed by atoms with Crippen molar-refractivity contribution in [1.82, 2.24) is 10.2 Å². The van der Waals surface area contributed by atoms with Crippen LogP contribution in [-0.4, -0.2) is 49.7 Å². The summed E-state index contributed by atoms with van der Waals surface area (Å²) in [6.07, 6.45) is 4.25. The Morgan fingerprint density at radius 3 is 2.03 bits per heavy atom. The Labute approximate surface area is 202 Å². The highest BCUT2D eigenvalue weighted by Gasteiger charge is 2.30. The molecule has 34 heavy (non-hydrogen) atoms. The number of hydrogen-bond acceptors (Lipinski definition) is 3. The largest absolute Gasteiger partial charge is 0.381 e. The summed E-state index contributed by atoms with van der Waals surface area (Å²) < 4.78 is 32.4. The molecule has 2 aromatic carbocycles. The third-order valence-corrected chi connectivity index (χ3v) is 6.77. The second-order valence-corrected chi connectivity index (χ2v) is 9.74. The summed E-state index contributed by atoms with van der Waals surface area (Å²) in [5.41, 5.74) is 1.97. The van der Waals surface area contributed by atoms with Gasteiger partial charge in [-0.2, -0.15) is 0 Å². The third-order valence-electron chi connectivity index (χ3n) is 6.77. The van der Waals surface area contributed by atoms with E-state index < -0.39 is 0 Å². The van der Waals surface area contributed by atoms with Crippen LogP contribution in [0.4, 0.5) is 8.78 Å². The lowest BCUT2D eigenvalue weighted by Gasteiger charge is -2.37. The fourth-order valence-electron chi connectivity index (χ4n) is 4.80. The molecule has 0 radical (unpaired) electrons. The van der Waals surface area contributed by atoms with E-state index in [1.165, 1.54) is 24.3 Å². The molecule has 6 heteroatoms. The molecule has 0 spiro atoms. The van der Waals surface area contributed by atoms with Crippen LogP contribution in [0.25, 0.3) is 0 Å². The molecule has 1 aliphatic rings. The van der Waals surface area contributed by atoms with Crippen molar-refractivity contribution in [3.05, 3.63) is 71.3 Å². The molecular weight excluding hydrogens is 434 g/mol. The first-order valence-corrected chi connectivity index (χ1v) is 12.4. The molecule has 0 unspecified atom stereocenters. The number of carbonyl (C=O) groups is 1. The number of likely N-dealkylation sites (N-methyl/N-ethyl adjacent to an activating group) is 1. The first kappa shape index (κ1) is 26.3. The standard InChI is InChI=1S/C28H38F2N2O2/c1-20(2)19-27(32(3)25-14-17-34-18-15-25)28(33)31-16-4-5-26(21-6-10-23(29)11-7-21)22-8-12-24(30)13-9-22/h6-13,20,25-27H,4-5,14-19H2,1-3H3,(H,31,33)/t27-/m0/s1. The highest BCUT2D eigenvalue weighted by atomic mass is 19.1. The van der Waals surface area contributed by atoms with E-state index in [4.69, 9.17) is 4.74 Å². The van der Waals surface area contributed by atoms with Crippen molar-refractivity contribution in [2.24, 2.45) is 5.92 Å². The van der Waals surface area contributed by atoms with E-state index in [9.17, 15) is 13.6 Å². The molecule has 1 N–H and O–H groups in total. The van der Waals surface area contributed by atoms with Crippen LogP contribution in [-0.2, 0) is 9.53 Å². The Morgan fingerprint density at radius 2 is 1.53 bits per heavy atom. The van der Waals surface area contributed by atoms with Gasteiger partial charge in [0.05, 0.1) is 6.04 Å².